The lowest BCUT2D eigenvalue weighted by Gasteiger charge is -2.12. The molecule has 3 unspecified atom stereocenters. The second kappa shape index (κ2) is 5.09. The summed E-state index contributed by atoms with van der Waals surface area (Å²) in [6.07, 6.45) is 5.92. The van der Waals surface area contributed by atoms with E-state index < -0.39 is 0 Å². The second-order valence-electron chi connectivity index (χ2n) is 4.86. The van der Waals surface area contributed by atoms with E-state index in [1.165, 1.54) is 18.4 Å². The summed E-state index contributed by atoms with van der Waals surface area (Å²) in [5.74, 6) is 0. The fraction of sp³-hybridized carbons (Fsp3) is 0.571. The summed E-state index contributed by atoms with van der Waals surface area (Å²) in [6, 6.07) is 8.52. The first-order valence-corrected chi connectivity index (χ1v) is 7.14. The largest absolute Gasteiger partial charge is 0.375 e. The highest BCUT2D eigenvalue weighted by Crippen LogP contribution is 2.40. The molecule has 2 fully saturated rings. The Hall–Kier alpha value is -0.380. The Labute approximate surface area is 110 Å². The lowest BCUT2D eigenvalue weighted by molar-refractivity contribution is 0.0260. The Morgan fingerprint density at radius 1 is 1.24 bits per heavy atom. The maximum absolute atomic E-state index is 5.87. The van der Waals surface area contributed by atoms with Gasteiger partial charge in [0, 0.05) is 11.1 Å². The van der Waals surface area contributed by atoms with Crippen LogP contribution in [0.1, 0.15) is 24.8 Å². The van der Waals surface area contributed by atoms with Gasteiger partial charge in [-0.15, -0.1) is 0 Å². The van der Waals surface area contributed by atoms with Gasteiger partial charge in [-0.05, 0) is 43.4 Å². The number of epoxide rings is 1. The molecule has 2 nitrogen and oxygen atoms in total. The first-order valence-electron chi connectivity index (χ1n) is 6.34. The predicted molar refractivity (Wildman–Crippen MR) is 70.1 cm³/mol. The zero-order valence-corrected chi connectivity index (χ0v) is 11.4. The van der Waals surface area contributed by atoms with Crippen LogP contribution < -0.4 is 0 Å². The first kappa shape index (κ1) is 11.7. The lowest BCUT2D eigenvalue weighted by atomic mass is 10.1. The summed E-state index contributed by atoms with van der Waals surface area (Å²) in [5, 5.41) is 0. The molecule has 1 heterocycles. The molecule has 1 aliphatic carbocycles. The Bertz CT molecular complexity index is 376. The molecule has 0 amide bonds. The summed E-state index contributed by atoms with van der Waals surface area (Å²) in [5.41, 5.74) is 1.38. The van der Waals surface area contributed by atoms with E-state index in [4.69, 9.17) is 9.47 Å². The van der Waals surface area contributed by atoms with Gasteiger partial charge in [0.15, 0.2) is 0 Å². The molecule has 92 valence electrons. The third-order valence-corrected chi connectivity index (χ3v) is 4.11. The third-order valence-electron chi connectivity index (χ3n) is 3.58. The van der Waals surface area contributed by atoms with Crippen LogP contribution in [-0.2, 0) is 15.9 Å². The van der Waals surface area contributed by atoms with Crippen LogP contribution in [0.2, 0.25) is 0 Å². The average molecular weight is 297 g/mol. The van der Waals surface area contributed by atoms with Crippen LogP contribution in [0.15, 0.2) is 28.7 Å². The van der Waals surface area contributed by atoms with Crippen molar-refractivity contribution in [1.29, 1.82) is 0 Å². The molecule has 3 rings (SSSR count). The number of fused-ring (bicyclic) bond motifs is 1. The van der Waals surface area contributed by atoms with E-state index >= 15 is 0 Å². The van der Waals surface area contributed by atoms with E-state index in [2.05, 4.69) is 40.2 Å². The smallest absolute Gasteiger partial charge is 0.110 e. The van der Waals surface area contributed by atoms with E-state index in [-0.39, 0.29) is 0 Å². The zero-order chi connectivity index (χ0) is 11.7. The fourth-order valence-corrected chi connectivity index (χ4v) is 2.81. The average Bonchev–Trinajstić information content (AvgIpc) is 3.02. The van der Waals surface area contributed by atoms with Gasteiger partial charge >= 0.3 is 0 Å². The quantitative estimate of drug-likeness (QED) is 0.614. The number of benzene rings is 1. The van der Waals surface area contributed by atoms with Crippen LogP contribution in [-0.4, -0.2) is 24.9 Å². The standard InChI is InChI=1S/C14H17BrO2/c15-11-5-3-10(4-6-11)2-1-9-16-12-7-8-13-14(12)17-13/h3-6,12-14H,1-2,7-9H2. The van der Waals surface area contributed by atoms with Gasteiger partial charge < -0.3 is 9.47 Å². The van der Waals surface area contributed by atoms with Crippen LogP contribution in [0.5, 0.6) is 0 Å². The van der Waals surface area contributed by atoms with Crippen LogP contribution in [0, 0.1) is 0 Å². The number of ether oxygens (including phenoxy) is 2. The maximum atomic E-state index is 5.87. The molecule has 1 saturated carbocycles. The van der Waals surface area contributed by atoms with Gasteiger partial charge in [-0.3, -0.25) is 0 Å². The summed E-state index contributed by atoms with van der Waals surface area (Å²) in [7, 11) is 0. The van der Waals surface area contributed by atoms with Gasteiger partial charge in [0.25, 0.3) is 0 Å². The van der Waals surface area contributed by atoms with E-state index in [1.54, 1.807) is 0 Å². The fourth-order valence-electron chi connectivity index (χ4n) is 2.55. The molecule has 1 saturated heterocycles. The van der Waals surface area contributed by atoms with Crippen LogP contribution in [0.3, 0.4) is 0 Å². The number of hydrogen-bond acceptors (Lipinski definition) is 2. The van der Waals surface area contributed by atoms with Crippen molar-refractivity contribution in [3.8, 4) is 0 Å². The number of hydrogen-bond donors (Lipinski definition) is 0. The van der Waals surface area contributed by atoms with Crippen molar-refractivity contribution in [1.82, 2.24) is 0 Å². The summed E-state index contributed by atoms with van der Waals surface area (Å²) >= 11 is 3.44. The molecule has 2 aliphatic rings. The van der Waals surface area contributed by atoms with Gasteiger partial charge in [0.1, 0.15) is 6.10 Å². The molecule has 0 bridgehead atoms. The van der Waals surface area contributed by atoms with E-state index in [1.807, 2.05) is 0 Å². The molecule has 17 heavy (non-hydrogen) atoms. The maximum Gasteiger partial charge on any atom is 0.110 e. The molecule has 0 spiro atoms. The Morgan fingerprint density at radius 3 is 2.71 bits per heavy atom. The first-order chi connectivity index (χ1) is 8.33. The van der Waals surface area contributed by atoms with Crippen LogP contribution >= 0.6 is 15.9 Å². The van der Waals surface area contributed by atoms with Gasteiger partial charge in [-0.2, -0.15) is 0 Å². The van der Waals surface area contributed by atoms with Crippen molar-refractivity contribution in [2.75, 3.05) is 6.61 Å². The predicted octanol–water partition coefficient (Wildman–Crippen LogP) is 3.33. The topological polar surface area (TPSA) is 21.8 Å². The van der Waals surface area contributed by atoms with Gasteiger partial charge in [0.05, 0.1) is 12.2 Å². The molecule has 0 aromatic heterocycles. The van der Waals surface area contributed by atoms with Crippen LogP contribution in [0.25, 0.3) is 0 Å². The number of halogens is 1. The second-order valence-corrected chi connectivity index (χ2v) is 5.77. The van der Waals surface area contributed by atoms with Crippen molar-refractivity contribution < 1.29 is 9.47 Å². The SMILES string of the molecule is Brc1ccc(CCCOC2CCC3OC23)cc1. The highest BCUT2D eigenvalue weighted by molar-refractivity contribution is 9.10. The normalized spacial score (nSPS) is 30.3. The van der Waals surface area contributed by atoms with Crippen molar-refractivity contribution >= 4 is 15.9 Å². The van der Waals surface area contributed by atoms with E-state index in [0.29, 0.717) is 18.3 Å². The summed E-state index contributed by atoms with van der Waals surface area (Å²) in [6.45, 7) is 0.854. The van der Waals surface area contributed by atoms with Gasteiger partial charge in [-0.25, -0.2) is 0 Å². The Morgan fingerprint density at radius 2 is 2.06 bits per heavy atom. The molecule has 0 radical (unpaired) electrons. The lowest BCUT2D eigenvalue weighted by Crippen LogP contribution is -2.17. The molecule has 3 atom stereocenters. The number of rotatable bonds is 5. The minimum Gasteiger partial charge on any atom is -0.375 e. The minimum atomic E-state index is 0.380. The third kappa shape index (κ3) is 2.90. The highest BCUT2D eigenvalue weighted by Gasteiger charge is 2.50. The molecule has 1 aromatic carbocycles. The minimum absolute atomic E-state index is 0.380. The van der Waals surface area contributed by atoms with Crippen molar-refractivity contribution in [2.45, 2.75) is 44.0 Å². The van der Waals surface area contributed by atoms with Crippen molar-refractivity contribution in [3.05, 3.63) is 34.3 Å². The van der Waals surface area contributed by atoms with E-state index in [9.17, 15) is 0 Å². The van der Waals surface area contributed by atoms with Gasteiger partial charge in [-0.1, -0.05) is 28.1 Å². The molecule has 0 N–H and O–H groups in total. The van der Waals surface area contributed by atoms with Crippen molar-refractivity contribution in [2.24, 2.45) is 0 Å². The van der Waals surface area contributed by atoms with Gasteiger partial charge in [0.2, 0.25) is 0 Å². The molecular formula is C14H17BrO2. The monoisotopic (exact) mass is 296 g/mol. The highest BCUT2D eigenvalue weighted by atomic mass is 79.9. The van der Waals surface area contributed by atoms with Crippen molar-refractivity contribution in [3.63, 3.8) is 0 Å². The molecule has 1 aromatic rings. The summed E-state index contributed by atoms with van der Waals surface area (Å²) < 4.78 is 12.5. The Balaban J connectivity index is 1.36. The number of aryl methyl sites for hydroxylation is 1. The molecule has 1 aliphatic heterocycles. The summed E-state index contributed by atoms with van der Waals surface area (Å²) in [4.78, 5) is 0. The van der Waals surface area contributed by atoms with Crippen LogP contribution in [0.4, 0.5) is 0 Å². The zero-order valence-electron chi connectivity index (χ0n) is 9.77. The molecular weight excluding hydrogens is 280 g/mol. The Kier molecular flexibility index (Phi) is 3.50. The van der Waals surface area contributed by atoms with E-state index in [0.717, 1.165) is 23.9 Å². The molecule has 3 heteroatoms.